The molecule has 1 aliphatic carbocycles. The number of hydrogen-bond donors (Lipinski definition) is 2. The first-order chi connectivity index (χ1) is 8.49. The van der Waals surface area contributed by atoms with Gasteiger partial charge in [-0.2, -0.15) is 0 Å². The minimum atomic E-state index is -0.0357. The number of hydrogen-bond acceptors (Lipinski definition) is 3. The number of nitrogens with one attached hydrogen (secondary N) is 1. The third-order valence-corrected chi connectivity index (χ3v) is 3.46. The first kappa shape index (κ1) is 12.7. The van der Waals surface area contributed by atoms with Gasteiger partial charge in [-0.3, -0.25) is 4.79 Å². The lowest BCUT2D eigenvalue weighted by Gasteiger charge is -2.17. The third kappa shape index (κ3) is 2.75. The van der Waals surface area contributed by atoms with Crippen LogP contribution in [0.4, 0.5) is 11.4 Å². The molecule has 0 bridgehead atoms. The summed E-state index contributed by atoms with van der Waals surface area (Å²) in [7, 11) is 3.86. The fourth-order valence-corrected chi connectivity index (χ4v) is 2.11. The van der Waals surface area contributed by atoms with Crippen molar-refractivity contribution in [3.05, 3.63) is 23.8 Å². The molecule has 0 heterocycles. The molecule has 1 atom stereocenters. The largest absolute Gasteiger partial charge is 0.397 e. The number of rotatable bonds is 4. The number of carbonyl (C=O) groups excluding carboxylic acids is 1. The molecule has 4 nitrogen and oxygen atoms in total. The van der Waals surface area contributed by atoms with E-state index in [0.717, 1.165) is 5.69 Å². The maximum Gasteiger partial charge on any atom is 0.251 e. The van der Waals surface area contributed by atoms with Crippen LogP contribution >= 0.6 is 0 Å². The molecule has 1 saturated carbocycles. The SMILES string of the molecule is CC(NC(=O)c1ccc(N(C)C)c(N)c1)C1CC1. The summed E-state index contributed by atoms with van der Waals surface area (Å²) in [5.74, 6) is 0.624. The fraction of sp³-hybridized carbons (Fsp3) is 0.500. The van der Waals surface area contributed by atoms with E-state index in [1.807, 2.05) is 31.1 Å². The highest BCUT2D eigenvalue weighted by molar-refractivity contribution is 5.96. The average molecular weight is 247 g/mol. The summed E-state index contributed by atoms with van der Waals surface area (Å²) in [6.07, 6.45) is 2.45. The summed E-state index contributed by atoms with van der Waals surface area (Å²) in [4.78, 5) is 14.0. The molecular weight excluding hydrogens is 226 g/mol. The molecular formula is C14H21N3O. The molecule has 3 N–H and O–H groups in total. The monoisotopic (exact) mass is 247 g/mol. The second-order valence-corrected chi connectivity index (χ2v) is 5.27. The first-order valence-corrected chi connectivity index (χ1v) is 6.36. The van der Waals surface area contributed by atoms with Gasteiger partial charge < -0.3 is 16.0 Å². The topological polar surface area (TPSA) is 58.4 Å². The Balaban J connectivity index is 2.08. The second kappa shape index (κ2) is 4.88. The number of amides is 1. The van der Waals surface area contributed by atoms with Crippen molar-refractivity contribution < 1.29 is 4.79 Å². The fourth-order valence-electron chi connectivity index (χ4n) is 2.11. The molecule has 1 aromatic rings. The van der Waals surface area contributed by atoms with Crippen molar-refractivity contribution in [2.24, 2.45) is 5.92 Å². The van der Waals surface area contributed by atoms with Crippen LogP contribution < -0.4 is 16.0 Å². The van der Waals surface area contributed by atoms with Gasteiger partial charge in [-0.15, -0.1) is 0 Å². The molecule has 0 radical (unpaired) electrons. The van der Waals surface area contributed by atoms with Crippen LogP contribution in [0, 0.1) is 5.92 Å². The Hall–Kier alpha value is -1.71. The predicted molar refractivity (Wildman–Crippen MR) is 74.8 cm³/mol. The van der Waals surface area contributed by atoms with Crippen LogP contribution in [-0.2, 0) is 0 Å². The van der Waals surface area contributed by atoms with Crippen molar-refractivity contribution in [1.29, 1.82) is 0 Å². The summed E-state index contributed by atoms with van der Waals surface area (Å²) < 4.78 is 0. The van der Waals surface area contributed by atoms with Gasteiger partial charge in [0.25, 0.3) is 5.91 Å². The van der Waals surface area contributed by atoms with Crippen LogP contribution in [0.3, 0.4) is 0 Å². The summed E-state index contributed by atoms with van der Waals surface area (Å²) in [5.41, 5.74) is 8.14. The van der Waals surface area contributed by atoms with E-state index in [2.05, 4.69) is 12.2 Å². The minimum Gasteiger partial charge on any atom is -0.397 e. The van der Waals surface area contributed by atoms with Crippen molar-refractivity contribution in [3.63, 3.8) is 0 Å². The Kier molecular flexibility index (Phi) is 3.45. The lowest BCUT2D eigenvalue weighted by atomic mass is 10.1. The van der Waals surface area contributed by atoms with E-state index >= 15 is 0 Å². The van der Waals surface area contributed by atoms with E-state index in [0.29, 0.717) is 17.2 Å². The standard InChI is InChI=1S/C14H21N3O/c1-9(10-4-5-10)16-14(18)11-6-7-13(17(2)3)12(15)8-11/h6-10H,4-5,15H2,1-3H3,(H,16,18). The molecule has 98 valence electrons. The maximum atomic E-state index is 12.0. The van der Waals surface area contributed by atoms with E-state index < -0.39 is 0 Å². The summed E-state index contributed by atoms with van der Waals surface area (Å²) in [5, 5.41) is 3.03. The number of anilines is 2. The lowest BCUT2D eigenvalue weighted by Crippen LogP contribution is -2.34. The molecule has 1 amide bonds. The zero-order valence-electron chi connectivity index (χ0n) is 11.2. The molecule has 0 aromatic heterocycles. The van der Waals surface area contributed by atoms with Gasteiger partial charge in [0.2, 0.25) is 0 Å². The third-order valence-electron chi connectivity index (χ3n) is 3.46. The van der Waals surface area contributed by atoms with Gasteiger partial charge in [-0.1, -0.05) is 0 Å². The van der Waals surface area contributed by atoms with Gasteiger partial charge in [-0.25, -0.2) is 0 Å². The number of carbonyl (C=O) groups is 1. The highest BCUT2D eigenvalue weighted by Crippen LogP contribution is 2.32. The molecule has 1 aliphatic rings. The predicted octanol–water partition coefficient (Wildman–Crippen LogP) is 1.86. The van der Waals surface area contributed by atoms with E-state index in [4.69, 9.17) is 5.73 Å². The Bertz CT molecular complexity index is 452. The highest BCUT2D eigenvalue weighted by atomic mass is 16.1. The number of nitrogens with two attached hydrogens (primary N) is 1. The molecule has 18 heavy (non-hydrogen) atoms. The zero-order valence-corrected chi connectivity index (χ0v) is 11.2. The van der Waals surface area contributed by atoms with Gasteiger partial charge in [0.05, 0.1) is 11.4 Å². The Morgan fingerprint density at radius 1 is 1.44 bits per heavy atom. The van der Waals surface area contributed by atoms with Crippen molar-refractivity contribution in [1.82, 2.24) is 5.32 Å². The molecule has 0 aliphatic heterocycles. The Morgan fingerprint density at radius 3 is 2.61 bits per heavy atom. The molecule has 1 fully saturated rings. The lowest BCUT2D eigenvalue weighted by molar-refractivity contribution is 0.0936. The zero-order chi connectivity index (χ0) is 13.3. The molecule has 2 rings (SSSR count). The summed E-state index contributed by atoms with van der Waals surface area (Å²) in [6, 6.07) is 5.70. The summed E-state index contributed by atoms with van der Waals surface area (Å²) >= 11 is 0. The molecule has 0 spiro atoms. The summed E-state index contributed by atoms with van der Waals surface area (Å²) in [6.45, 7) is 2.06. The van der Waals surface area contributed by atoms with Crippen LogP contribution in [0.2, 0.25) is 0 Å². The van der Waals surface area contributed by atoms with Gasteiger partial charge in [0.1, 0.15) is 0 Å². The van der Waals surface area contributed by atoms with Crippen LogP contribution in [0.25, 0.3) is 0 Å². The van der Waals surface area contributed by atoms with Crippen molar-refractivity contribution in [2.75, 3.05) is 24.7 Å². The van der Waals surface area contributed by atoms with Crippen molar-refractivity contribution in [3.8, 4) is 0 Å². The van der Waals surface area contributed by atoms with Crippen LogP contribution in [-0.4, -0.2) is 26.0 Å². The Labute approximate surface area is 108 Å². The number of benzene rings is 1. The van der Waals surface area contributed by atoms with Gasteiger partial charge in [0.15, 0.2) is 0 Å². The van der Waals surface area contributed by atoms with E-state index in [1.54, 1.807) is 6.07 Å². The van der Waals surface area contributed by atoms with E-state index in [-0.39, 0.29) is 11.9 Å². The number of nitrogens with zero attached hydrogens (tertiary/aromatic N) is 1. The molecule has 1 aromatic carbocycles. The van der Waals surface area contributed by atoms with E-state index in [9.17, 15) is 4.79 Å². The minimum absolute atomic E-state index is 0.0357. The quantitative estimate of drug-likeness (QED) is 0.798. The second-order valence-electron chi connectivity index (χ2n) is 5.27. The average Bonchev–Trinajstić information content (AvgIpc) is 3.11. The number of nitrogen functional groups attached to an aromatic ring is 1. The van der Waals surface area contributed by atoms with E-state index in [1.165, 1.54) is 12.8 Å². The maximum absolute atomic E-state index is 12.0. The molecule has 4 heteroatoms. The van der Waals surface area contributed by atoms with Crippen LogP contribution in [0.15, 0.2) is 18.2 Å². The van der Waals surface area contributed by atoms with Crippen LogP contribution in [0.1, 0.15) is 30.1 Å². The normalized spacial score (nSPS) is 16.2. The first-order valence-electron chi connectivity index (χ1n) is 6.36. The van der Waals surface area contributed by atoms with Crippen molar-refractivity contribution in [2.45, 2.75) is 25.8 Å². The van der Waals surface area contributed by atoms with Gasteiger partial charge >= 0.3 is 0 Å². The Morgan fingerprint density at radius 2 is 2.11 bits per heavy atom. The smallest absolute Gasteiger partial charge is 0.251 e. The highest BCUT2D eigenvalue weighted by Gasteiger charge is 2.29. The van der Waals surface area contributed by atoms with Gasteiger partial charge in [-0.05, 0) is 43.9 Å². The van der Waals surface area contributed by atoms with Gasteiger partial charge in [0, 0.05) is 25.7 Å². The van der Waals surface area contributed by atoms with Crippen molar-refractivity contribution >= 4 is 17.3 Å². The van der Waals surface area contributed by atoms with Crippen LogP contribution in [0.5, 0.6) is 0 Å². The molecule has 0 saturated heterocycles. The molecule has 1 unspecified atom stereocenters.